The number of nitriles is 1. The average molecular weight is 634 g/mol. The summed E-state index contributed by atoms with van der Waals surface area (Å²) in [5.74, 6) is 1.05. The highest BCUT2D eigenvalue weighted by atomic mass is 35.5. The van der Waals surface area contributed by atoms with Crippen molar-refractivity contribution in [2.75, 3.05) is 64.9 Å². The van der Waals surface area contributed by atoms with Gasteiger partial charge in [0.2, 0.25) is 0 Å². The van der Waals surface area contributed by atoms with Crippen LogP contribution in [0.15, 0.2) is 24.3 Å². The van der Waals surface area contributed by atoms with Gasteiger partial charge in [0.05, 0.1) is 44.1 Å². The third kappa shape index (κ3) is 7.53. The maximum Gasteiger partial charge on any atom is 0.254 e. The number of ether oxygens (including phenoxy) is 2. The van der Waals surface area contributed by atoms with Crippen molar-refractivity contribution in [2.24, 2.45) is 0 Å². The van der Waals surface area contributed by atoms with E-state index in [9.17, 15) is 9.59 Å². The summed E-state index contributed by atoms with van der Waals surface area (Å²) in [5, 5.41) is 20.5. The van der Waals surface area contributed by atoms with Crippen LogP contribution in [-0.4, -0.2) is 87.4 Å². The number of Topliss-reactive ketones (excluding diaryl/α,β-unsaturated/α-hetero) is 1. The number of hydrogen-bond donors (Lipinski definition) is 2. The average Bonchev–Trinajstić information content (AvgIpc) is 3.25. The highest BCUT2D eigenvalue weighted by molar-refractivity contribution is 6.08. The molecular weight excluding hydrogens is 591 g/mol. The molecule has 2 aliphatic heterocycles. The maximum atomic E-state index is 13.8. The van der Waals surface area contributed by atoms with Gasteiger partial charge in [0.15, 0.2) is 5.78 Å². The molecule has 10 nitrogen and oxygen atoms in total. The summed E-state index contributed by atoms with van der Waals surface area (Å²) in [6.07, 6.45) is 0. The Morgan fingerprint density at radius 1 is 1.09 bits per heavy atom. The van der Waals surface area contributed by atoms with Crippen molar-refractivity contribution in [3.8, 4) is 17.6 Å². The summed E-state index contributed by atoms with van der Waals surface area (Å²) >= 11 is 0. The number of rotatable bonds is 9. The largest absolute Gasteiger partial charge is 0.494 e. The Kier molecular flexibility index (Phi) is 12.3. The van der Waals surface area contributed by atoms with Crippen LogP contribution in [0.2, 0.25) is 0 Å². The summed E-state index contributed by atoms with van der Waals surface area (Å²) < 4.78 is 11.6. The van der Waals surface area contributed by atoms with Crippen LogP contribution in [0.3, 0.4) is 0 Å². The lowest BCUT2D eigenvalue weighted by molar-refractivity contribution is 0.0953. The summed E-state index contributed by atoms with van der Waals surface area (Å²) in [4.78, 5) is 32.4. The molecule has 0 aliphatic carbocycles. The normalized spacial score (nSPS) is 14.7. The van der Waals surface area contributed by atoms with Crippen molar-refractivity contribution in [3.05, 3.63) is 52.1 Å². The van der Waals surface area contributed by atoms with Crippen LogP contribution in [0.25, 0.3) is 0 Å². The molecular formula is C31H42Cl2N6O4. The molecule has 0 radical (unpaired) electrons. The number of amides is 1. The van der Waals surface area contributed by atoms with E-state index in [0.717, 1.165) is 48.7 Å². The predicted molar refractivity (Wildman–Crippen MR) is 173 cm³/mol. The number of methoxy groups -OCH3 is 1. The monoisotopic (exact) mass is 632 g/mol. The summed E-state index contributed by atoms with van der Waals surface area (Å²) in [6.45, 7) is 12.3. The van der Waals surface area contributed by atoms with E-state index in [4.69, 9.17) is 20.1 Å². The second-order valence-electron chi connectivity index (χ2n) is 11.4. The number of nitrogens with one attached hydrogen (secondary N) is 2. The number of anilines is 1. The maximum absolute atomic E-state index is 13.8. The molecule has 4 rings (SSSR count). The number of halogens is 2. The van der Waals surface area contributed by atoms with Gasteiger partial charge in [-0.05, 0) is 42.2 Å². The molecule has 0 bridgehead atoms. The van der Waals surface area contributed by atoms with Crippen LogP contribution < -0.4 is 19.7 Å². The van der Waals surface area contributed by atoms with E-state index in [2.05, 4.69) is 42.0 Å². The van der Waals surface area contributed by atoms with Crippen molar-refractivity contribution in [1.29, 1.82) is 10.7 Å². The molecule has 0 aromatic heterocycles. The highest BCUT2D eigenvalue weighted by Crippen LogP contribution is 2.41. The van der Waals surface area contributed by atoms with Gasteiger partial charge < -0.3 is 24.6 Å². The number of fused-ring (bicyclic) bond motifs is 1. The van der Waals surface area contributed by atoms with Gasteiger partial charge >= 0.3 is 0 Å². The van der Waals surface area contributed by atoms with E-state index < -0.39 is 0 Å². The molecule has 12 heteroatoms. The van der Waals surface area contributed by atoms with Gasteiger partial charge in [-0.1, -0.05) is 20.8 Å². The number of ketones is 1. The Bertz CT molecular complexity index is 1390. The lowest BCUT2D eigenvalue weighted by Gasteiger charge is -2.37. The molecule has 2 aromatic rings. The standard InChI is InChI=1S/C31H40N6O4.2ClH/c1-7-41-27-16-21-18-37(29(33)22(21)17-23(27)30(39)34-5)19-26(38)20-14-24(31(2,3)4)28(40-6)25(15-20)36-12-10-35(9-8-32)11-13-36;;/h14-17,33H,7,9-13,18-19H2,1-6H3,(H,34,39);2*1H. The van der Waals surface area contributed by atoms with Crippen LogP contribution in [0, 0.1) is 16.7 Å². The topological polar surface area (TPSA) is 122 Å². The van der Waals surface area contributed by atoms with E-state index in [1.165, 1.54) is 0 Å². The minimum absolute atomic E-state index is 0. The second kappa shape index (κ2) is 14.8. The molecule has 0 atom stereocenters. The van der Waals surface area contributed by atoms with Gasteiger partial charge in [0.25, 0.3) is 5.91 Å². The number of hydrogen-bond acceptors (Lipinski definition) is 8. The Labute approximate surface area is 266 Å². The van der Waals surface area contributed by atoms with Crippen molar-refractivity contribution in [1.82, 2.24) is 15.1 Å². The lowest BCUT2D eigenvalue weighted by Crippen LogP contribution is -2.46. The molecule has 2 heterocycles. The minimum atomic E-state index is -0.285. The molecule has 0 spiro atoms. The molecule has 1 amide bonds. The quantitative estimate of drug-likeness (QED) is 0.311. The lowest BCUT2D eigenvalue weighted by atomic mass is 9.84. The van der Waals surface area contributed by atoms with E-state index in [1.807, 2.05) is 19.1 Å². The van der Waals surface area contributed by atoms with E-state index in [0.29, 0.717) is 42.1 Å². The van der Waals surface area contributed by atoms with Gasteiger partial charge in [-0.25, -0.2) is 0 Å². The molecule has 2 N–H and O–H groups in total. The number of nitrogens with zero attached hydrogens (tertiary/aromatic N) is 4. The van der Waals surface area contributed by atoms with Gasteiger partial charge in [-0.3, -0.25) is 19.9 Å². The Balaban J connectivity index is 0.00000323. The summed E-state index contributed by atoms with van der Waals surface area (Å²) in [7, 11) is 3.22. The molecule has 234 valence electrons. The van der Waals surface area contributed by atoms with Crippen molar-refractivity contribution >= 4 is 48.0 Å². The van der Waals surface area contributed by atoms with Gasteiger partial charge in [0.1, 0.15) is 17.3 Å². The van der Waals surface area contributed by atoms with E-state index >= 15 is 0 Å². The van der Waals surface area contributed by atoms with Crippen LogP contribution in [0.5, 0.6) is 11.5 Å². The summed E-state index contributed by atoms with van der Waals surface area (Å²) in [5.41, 5.74) is 3.95. The summed E-state index contributed by atoms with van der Waals surface area (Å²) in [6, 6.07) is 9.53. The van der Waals surface area contributed by atoms with Crippen LogP contribution in [0.1, 0.15) is 65.1 Å². The van der Waals surface area contributed by atoms with Gasteiger partial charge in [0, 0.05) is 56.5 Å². The molecule has 43 heavy (non-hydrogen) atoms. The van der Waals surface area contributed by atoms with Crippen molar-refractivity contribution in [3.63, 3.8) is 0 Å². The third-order valence-corrected chi connectivity index (χ3v) is 7.65. The van der Waals surface area contributed by atoms with Crippen molar-refractivity contribution < 1.29 is 19.1 Å². The zero-order valence-electron chi connectivity index (χ0n) is 25.7. The van der Waals surface area contributed by atoms with Gasteiger partial charge in [-0.15, -0.1) is 24.8 Å². The Hall–Kier alpha value is -3.52. The number of carbonyl (C=O) groups excluding carboxylic acids is 2. The number of benzene rings is 2. The highest BCUT2D eigenvalue weighted by Gasteiger charge is 2.31. The first kappa shape index (κ1) is 35.7. The van der Waals surface area contributed by atoms with E-state index in [1.54, 1.807) is 31.2 Å². The molecule has 1 fully saturated rings. The first-order chi connectivity index (χ1) is 19.5. The molecule has 2 aromatic carbocycles. The SMILES string of the molecule is CCOc1cc2c(cc1C(=O)NC)C(=N)N(CC(=O)c1cc(N3CCN(CC#N)CC3)c(OC)c(C(C)(C)C)c1)C2.Cl.Cl. The fourth-order valence-electron chi connectivity index (χ4n) is 5.44. The van der Waals surface area contributed by atoms with E-state index in [-0.39, 0.29) is 54.3 Å². The zero-order valence-corrected chi connectivity index (χ0v) is 27.3. The molecule has 2 aliphatic rings. The second-order valence-corrected chi connectivity index (χ2v) is 11.4. The van der Waals surface area contributed by atoms with Crippen LogP contribution >= 0.6 is 24.8 Å². The van der Waals surface area contributed by atoms with Crippen molar-refractivity contribution in [2.45, 2.75) is 39.7 Å². The fourth-order valence-corrected chi connectivity index (χ4v) is 5.44. The van der Waals surface area contributed by atoms with Crippen LogP contribution in [-0.2, 0) is 12.0 Å². The zero-order chi connectivity index (χ0) is 29.9. The number of piperazine rings is 1. The Morgan fingerprint density at radius 2 is 1.77 bits per heavy atom. The molecule has 0 unspecified atom stereocenters. The third-order valence-electron chi connectivity index (χ3n) is 7.65. The smallest absolute Gasteiger partial charge is 0.254 e. The van der Waals surface area contributed by atoms with Gasteiger partial charge in [-0.2, -0.15) is 5.26 Å². The first-order valence-electron chi connectivity index (χ1n) is 14.0. The minimum Gasteiger partial charge on any atom is -0.494 e. The molecule has 0 saturated carbocycles. The molecule has 1 saturated heterocycles. The Morgan fingerprint density at radius 3 is 2.33 bits per heavy atom. The first-order valence-corrected chi connectivity index (χ1v) is 14.0. The predicted octanol–water partition coefficient (Wildman–Crippen LogP) is 4.26. The fraction of sp³-hybridized carbons (Fsp3) is 0.484. The number of carbonyl (C=O) groups is 2. The van der Waals surface area contributed by atoms with Crippen LogP contribution in [0.4, 0.5) is 5.69 Å². The number of amidine groups is 1.